The molecule has 0 bridgehead atoms. The molecule has 9 rings (SSSR count). The highest BCUT2D eigenvalue weighted by molar-refractivity contribution is 6.31. The number of allylic oxidation sites excluding steroid dienone is 5. The Labute approximate surface area is 301 Å². The van der Waals surface area contributed by atoms with Gasteiger partial charge in [-0.25, -0.2) is 0 Å². The summed E-state index contributed by atoms with van der Waals surface area (Å²) in [6.45, 7) is 2.06. The SMILES string of the molecule is CCc1ccc(N2C(=O)[C@H]3[C@H](CC=C4[C@H](C5=COc6ccc(O)cc6C5)[C@]5(c6ccccc6)C(=O)C=C(c6ccccc6)C(=O)[C@@H]5C[C@H]43)C2=O)cc1. The van der Waals surface area contributed by atoms with Crippen LogP contribution in [0.2, 0.25) is 0 Å². The molecule has 0 unspecified atom stereocenters. The average Bonchev–Trinajstić information content (AvgIpc) is 3.44. The maximum Gasteiger partial charge on any atom is 0.238 e. The molecule has 2 amide bonds. The molecule has 4 aromatic rings. The first-order valence-corrected chi connectivity index (χ1v) is 18.1. The van der Waals surface area contributed by atoms with Crippen LogP contribution in [0.5, 0.6) is 11.5 Å². The smallest absolute Gasteiger partial charge is 0.238 e. The summed E-state index contributed by atoms with van der Waals surface area (Å²) in [7, 11) is 0. The number of phenolic OH excluding ortho intramolecular Hbond substituents is 1. The number of amides is 2. The predicted molar refractivity (Wildman–Crippen MR) is 196 cm³/mol. The number of nitrogens with zero attached hydrogens (tertiary/aromatic N) is 1. The number of benzene rings is 4. The summed E-state index contributed by atoms with van der Waals surface area (Å²) >= 11 is 0. The van der Waals surface area contributed by atoms with Gasteiger partial charge in [0.2, 0.25) is 11.8 Å². The highest BCUT2D eigenvalue weighted by atomic mass is 16.5. The molecule has 5 aliphatic rings. The van der Waals surface area contributed by atoms with Crippen LogP contribution in [0.1, 0.15) is 42.0 Å². The van der Waals surface area contributed by atoms with Crippen LogP contribution in [0, 0.1) is 29.6 Å². The Balaban J connectivity index is 1.24. The second-order valence-electron chi connectivity index (χ2n) is 14.6. The molecule has 1 saturated heterocycles. The van der Waals surface area contributed by atoms with Gasteiger partial charge in [-0.3, -0.25) is 24.1 Å². The normalized spacial score (nSPS) is 27.8. The molecule has 4 aromatic carbocycles. The third-order valence-corrected chi connectivity index (χ3v) is 12.1. The molecule has 3 aliphatic carbocycles. The summed E-state index contributed by atoms with van der Waals surface area (Å²) in [6, 6.07) is 31.3. The van der Waals surface area contributed by atoms with Gasteiger partial charge >= 0.3 is 0 Å². The van der Waals surface area contributed by atoms with Crippen molar-refractivity contribution in [1.29, 1.82) is 0 Å². The van der Waals surface area contributed by atoms with Crippen LogP contribution in [0.3, 0.4) is 0 Å². The maximum absolute atomic E-state index is 15.2. The van der Waals surface area contributed by atoms with Crippen LogP contribution in [-0.4, -0.2) is 28.5 Å². The lowest BCUT2D eigenvalue weighted by Gasteiger charge is -2.56. The maximum atomic E-state index is 15.2. The van der Waals surface area contributed by atoms with Crippen LogP contribution in [0.15, 0.2) is 133 Å². The summed E-state index contributed by atoms with van der Waals surface area (Å²) in [4.78, 5) is 60.5. The van der Waals surface area contributed by atoms with Crippen molar-refractivity contribution in [2.24, 2.45) is 29.6 Å². The number of Topliss-reactive ketones (excluding diaryl/α,β-unsaturated/α-hetero) is 1. The summed E-state index contributed by atoms with van der Waals surface area (Å²) in [5.74, 6) is -3.35. The van der Waals surface area contributed by atoms with Crippen LogP contribution in [0.4, 0.5) is 5.69 Å². The third-order valence-electron chi connectivity index (χ3n) is 12.1. The number of carbonyl (C=O) groups excluding carboxylic acids is 4. The number of hydrogen-bond acceptors (Lipinski definition) is 6. The summed E-state index contributed by atoms with van der Waals surface area (Å²) < 4.78 is 6.21. The summed E-state index contributed by atoms with van der Waals surface area (Å²) in [5.41, 5.74) is 4.50. The highest BCUT2D eigenvalue weighted by Crippen LogP contribution is 2.63. The fourth-order valence-corrected chi connectivity index (χ4v) is 9.83. The van der Waals surface area contributed by atoms with E-state index in [0.29, 0.717) is 35.4 Å². The van der Waals surface area contributed by atoms with Gasteiger partial charge in [-0.2, -0.15) is 0 Å². The molecule has 2 aliphatic heterocycles. The molecule has 52 heavy (non-hydrogen) atoms. The van der Waals surface area contributed by atoms with E-state index in [1.807, 2.05) is 84.9 Å². The molecular weight excluding hydrogens is 650 g/mol. The highest BCUT2D eigenvalue weighted by Gasteiger charge is 2.66. The van der Waals surface area contributed by atoms with Crippen molar-refractivity contribution < 1.29 is 29.0 Å². The molecule has 7 heteroatoms. The zero-order valence-corrected chi connectivity index (χ0v) is 28.7. The quantitative estimate of drug-likeness (QED) is 0.174. The Morgan fingerprint density at radius 2 is 1.58 bits per heavy atom. The lowest BCUT2D eigenvalue weighted by Crippen LogP contribution is -2.60. The number of imide groups is 1. The summed E-state index contributed by atoms with van der Waals surface area (Å²) in [6.07, 6.45) is 7.07. The summed E-state index contributed by atoms with van der Waals surface area (Å²) in [5, 5.41) is 10.4. The molecule has 0 spiro atoms. The first-order chi connectivity index (χ1) is 25.3. The number of ketones is 2. The minimum absolute atomic E-state index is 0.0991. The number of rotatable bonds is 5. The lowest BCUT2D eigenvalue weighted by atomic mass is 9.44. The molecule has 2 heterocycles. The number of anilines is 1. The van der Waals surface area contributed by atoms with Crippen molar-refractivity contribution in [3.63, 3.8) is 0 Å². The van der Waals surface area contributed by atoms with Gasteiger partial charge in [-0.05, 0) is 83.9 Å². The van der Waals surface area contributed by atoms with E-state index in [4.69, 9.17) is 4.74 Å². The van der Waals surface area contributed by atoms with E-state index >= 15 is 9.59 Å². The number of carbonyl (C=O) groups is 4. The van der Waals surface area contributed by atoms with Gasteiger partial charge in [-0.15, -0.1) is 0 Å². The minimum atomic E-state index is -1.34. The zero-order valence-electron chi connectivity index (χ0n) is 28.7. The molecular formula is C45H37NO6. The standard InChI is InChI=1S/C45H37NO6/c1-2-26-13-15-31(16-14-26)46-43(50)34-19-18-33-36(40(34)44(46)51)23-37-42(49)35(27-9-5-3-6-10-27)24-39(48)45(37,30-11-7-4-8-12-30)41(33)29-21-28-22-32(47)17-20-38(28)52-25-29/h3-18,20,22,24-25,34,36-37,40-41,47H,2,19,21,23H2,1H3/t34-,36+,37-,40-,41-,45-/m0/s1. The zero-order chi connectivity index (χ0) is 35.7. The Morgan fingerprint density at radius 3 is 2.31 bits per heavy atom. The lowest BCUT2D eigenvalue weighted by molar-refractivity contribution is -0.136. The largest absolute Gasteiger partial charge is 0.508 e. The van der Waals surface area contributed by atoms with Gasteiger partial charge in [0, 0.05) is 29.4 Å². The fourth-order valence-electron chi connectivity index (χ4n) is 9.83. The van der Waals surface area contributed by atoms with Crippen LogP contribution < -0.4 is 9.64 Å². The molecule has 2 fully saturated rings. The molecule has 0 radical (unpaired) electrons. The van der Waals surface area contributed by atoms with Crippen LogP contribution in [0.25, 0.3) is 5.57 Å². The molecule has 1 N–H and O–H groups in total. The van der Waals surface area contributed by atoms with Crippen molar-refractivity contribution in [2.45, 2.75) is 38.0 Å². The van der Waals surface area contributed by atoms with E-state index in [2.05, 4.69) is 13.0 Å². The van der Waals surface area contributed by atoms with Crippen molar-refractivity contribution in [3.8, 4) is 11.5 Å². The van der Waals surface area contributed by atoms with E-state index in [1.165, 1.54) is 11.0 Å². The van der Waals surface area contributed by atoms with Crippen molar-refractivity contribution in [1.82, 2.24) is 0 Å². The molecule has 6 atom stereocenters. The fraction of sp³-hybridized carbons (Fsp3) is 0.244. The topological polar surface area (TPSA) is 101 Å². The van der Waals surface area contributed by atoms with Crippen molar-refractivity contribution in [2.75, 3.05) is 4.90 Å². The first kappa shape index (κ1) is 32.1. The Bertz CT molecular complexity index is 2250. The van der Waals surface area contributed by atoms with E-state index in [9.17, 15) is 14.7 Å². The second kappa shape index (κ2) is 12.2. The number of fused-ring (bicyclic) bond motifs is 5. The third kappa shape index (κ3) is 4.64. The second-order valence-corrected chi connectivity index (χ2v) is 14.6. The number of aryl methyl sites for hydroxylation is 1. The Kier molecular flexibility index (Phi) is 7.51. The first-order valence-electron chi connectivity index (χ1n) is 18.1. The van der Waals surface area contributed by atoms with E-state index < -0.39 is 35.0 Å². The van der Waals surface area contributed by atoms with Gasteiger partial charge in [0.05, 0.1) is 29.2 Å². The van der Waals surface area contributed by atoms with Gasteiger partial charge < -0.3 is 9.84 Å². The number of ether oxygens (including phenoxy) is 1. The molecule has 1 saturated carbocycles. The van der Waals surface area contributed by atoms with Gasteiger partial charge in [-0.1, -0.05) is 91.4 Å². The predicted octanol–water partition coefficient (Wildman–Crippen LogP) is 7.34. The number of hydrogen-bond donors (Lipinski definition) is 1. The van der Waals surface area contributed by atoms with Crippen molar-refractivity contribution in [3.05, 3.63) is 155 Å². The van der Waals surface area contributed by atoms with E-state index in [1.54, 1.807) is 24.5 Å². The van der Waals surface area contributed by atoms with Gasteiger partial charge in [0.25, 0.3) is 0 Å². The Morgan fingerprint density at radius 1 is 0.846 bits per heavy atom. The monoisotopic (exact) mass is 687 g/mol. The number of aromatic hydroxyl groups is 1. The Hall–Kier alpha value is -5.82. The van der Waals surface area contributed by atoms with Crippen LogP contribution >= 0.6 is 0 Å². The molecule has 0 aromatic heterocycles. The number of phenols is 1. The molecule has 7 nitrogen and oxygen atoms in total. The van der Waals surface area contributed by atoms with Crippen LogP contribution in [-0.2, 0) is 37.4 Å². The van der Waals surface area contributed by atoms with Gasteiger partial charge in [0.1, 0.15) is 11.5 Å². The minimum Gasteiger partial charge on any atom is -0.508 e. The molecule has 258 valence electrons. The average molecular weight is 688 g/mol. The van der Waals surface area contributed by atoms with Gasteiger partial charge in [0.15, 0.2) is 11.6 Å². The van der Waals surface area contributed by atoms with Crippen molar-refractivity contribution >= 4 is 34.6 Å². The van der Waals surface area contributed by atoms with E-state index in [0.717, 1.165) is 34.3 Å². The van der Waals surface area contributed by atoms with E-state index in [-0.39, 0.29) is 35.6 Å².